The van der Waals surface area contributed by atoms with Gasteiger partial charge in [-0.25, -0.2) is 30.9 Å². The van der Waals surface area contributed by atoms with Crippen molar-refractivity contribution >= 4 is 41.9 Å². The fraction of sp³-hybridized carbons (Fsp3) is 0.400. The number of likely N-dealkylation sites (tertiary alicyclic amines) is 1. The molecule has 0 bridgehead atoms. The largest absolute Gasteiger partial charge is 0.439 e. The van der Waals surface area contributed by atoms with Gasteiger partial charge in [-0.2, -0.15) is 0 Å². The number of oxazole rings is 1. The van der Waals surface area contributed by atoms with E-state index in [2.05, 4.69) is 19.6 Å². The number of halogens is 1. The van der Waals surface area contributed by atoms with Gasteiger partial charge in [0.15, 0.2) is 5.58 Å². The Morgan fingerprint density at radius 2 is 1.92 bits per heavy atom. The summed E-state index contributed by atoms with van der Waals surface area (Å²) in [7, 11) is -6.55. The van der Waals surface area contributed by atoms with Crippen LogP contribution >= 0.6 is 0 Å². The van der Waals surface area contributed by atoms with E-state index in [0.717, 1.165) is 29.4 Å². The fourth-order valence-electron chi connectivity index (χ4n) is 4.85. The third kappa shape index (κ3) is 6.38. The van der Waals surface area contributed by atoms with E-state index in [-0.39, 0.29) is 35.7 Å². The zero-order chi connectivity index (χ0) is 26.2. The summed E-state index contributed by atoms with van der Waals surface area (Å²) in [4.78, 5) is 9.52. The molecule has 4 aromatic rings. The first-order chi connectivity index (χ1) is 17.5. The number of H-pyrrole nitrogens is 1. The van der Waals surface area contributed by atoms with Crippen LogP contribution in [0.5, 0.6) is 0 Å². The maximum atomic E-state index is 13.5. The summed E-state index contributed by atoms with van der Waals surface area (Å²) in [5.74, 6) is 0.217. The van der Waals surface area contributed by atoms with E-state index in [1.54, 1.807) is 6.07 Å². The highest BCUT2D eigenvalue weighted by molar-refractivity contribution is 7.90. The highest BCUT2D eigenvalue weighted by Crippen LogP contribution is 2.31. The Kier molecular flexibility index (Phi) is 7.10. The summed E-state index contributed by atoms with van der Waals surface area (Å²) in [5.41, 5.74) is 3.60. The lowest BCUT2D eigenvalue weighted by Gasteiger charge is -2.31. The molecule has 0 saturated carbocycles. The fourth-order valence-corrected chi connectivity index (χ4v) is 7.03. The number of rotatable bonds is 9. The number of nitrogens with one attached hydrogen (secondary N) is 2. The van der Waals surface area contributed by atoms with Gasteiger partial charge in [-0.1, -0.05) is 6.07 Å². The predicted molar refractivity (Wildman–Crippen MR) is 141 cm³/mol. The van der Waals surface area contributed by atoms with Crippen LogP contribution in [0.4, 0.5) is 4.39 Å². The Morgan fingerprint density at radius 3 is 2.68 bits per heavy atom. The number of piperidine rings is 1. The third-order valence-electron chi connectivity index (χ3n) is 6.75. The third-order valence-corrected chi connectivity index (χ3v) is 9.13. The van der Waals surface area contributed by atoms with Crippen molar-refractivity contribution in [2.45, 2.75) is 19.4 Å². The Morgan fingerprint density at radius 1 is 1.14 bits per heavy atom. The zero-order valence-electron chi connectivity index (χ0n) is 20.4. The highest BCUT2D eigenvalue weighted by atomic mass is 32.2. The molecule has 2 aromatic carbocycles. The van der Waals surface area contributed by atoms with Gasteiger partial charge in [0.1, 0.15) is 21.2 Å². The second-order valence-corrected chi connectivity index (χ2v) is 13.8. The molecule has 12 heteroatoms. The van der Waals surface area contributed by atoms with Gasteiger partial charge in [0.25, 0.3) is 0 Å². The molecular weight excluding hydrogens is 519 g/mol. The van der Waals surface area contributed by atoms with Gasteiger partial charge in [-0.15, -0.1) is 0 Å². The lowest BCUT2D eigenvalue weighted by molar-refractivity contribution is 0.203. The first-order valence-corrected chi connectivity index (χ1v) is 15.8. The van der Waals surface area contributed by atoms with Gasteiger partial charge in [0.2, 0.25) is 15.9 Å². The van der Waals surface area contributed by atoms with Crippen molar-refractivity contribution in [2.24, 2.45) is 5.92 Å². The van der Waals surface area contributed by atoms with Crippen LogP contribution in [0.2, 0.25) is 0 Å². The lowest BCUT2D eigenvalue weighted by Crippen LogP contribution is -2.40. The molecule has 198 valence electrons. The topological polar surface area (TPSA) is 125 Å². The van der Waals surface area contributed by atoms with E-state index < -0.39 is 19.9 Å². The first-order valence-electron chi connectivity index (χ1n) is 12.1. The highest BCUT2D eigenvalue weighted by Gasteiger charge is 2.23. The minimum Gasteiger partial charge on any atom is -0.439 e. The van der Waals surface area contributed by atoms with E-state index in [9.17, 15) is 21.2 Å². The standard InChI is InChI=1S/C25H29FN4O5S2/c1-36(31,32)16-17-6-8-30(9-7-17)10-11-37(33,34)28-15-25-29-22-5-2-18(12-24(22)35-25)21-14-27-23-13-19(26)3-4-20(21)23/h2-5,12-14,17,27-28H,6-11,15-16H2,1H3. The SMILES string of the molecule is CS(=O)(=O)CC1CCN(CCS(=O)(=O)NCc2nc3ccc(-c4c[nH]c5cc(F)ccc45)cc3o2)CC1. The van der Waals surface area contributed by atoms with Gasteiger partial charge in [-0.3, -0.25) is 0 Å². The van der Waals surface area contributed by atoms with Crippen LogP contribution < -0.4 is 4.72 Å². The number of sulfone groups is 1. The maximum absolute atomic E-state index is 13.5. The monoisotopic (exact) mass is 548 g/mol. The van der Waals surface area contributed by atoms with E-state index in [1.807, 2.05) is 24.4 Å². The molecule has 0 radical (unpaired) electrons. The molecule has 0 atom stereocenters. The van der Waals surface area contributed by atoms with E-state index in [4.69, 9.17) is 4.42 Å². The van der Waals surface area contributed by atoms with Crippen molar-refractivity contribution in [3.63, 3.8) is 0 Å². The van der Waals surface area contributed by atoms with Gasteiger partial charge in [-0.05, 0) is 67.7 Å². The summed E-state index contributed by atoms with van der Waals surface area (Å²) in [6.45, 7) is 1.70. The normalized spacial score (nSPS) is 16.2. The smallest absolute Gasteiger partial charge is 0.213 e. The Labute approximate surface area is 215 Å². The number of nitrogens with zero attached hydrogens (tertiary/aromatic N) is 2. The van der Waals surface area contributed by atoms with E-state index in [0.29, 0.717) is 36.3 Å². The van der Waals surface area contributed by atoms with Crippen molar-refractivity contribution in [1.82, 2.24) is 19.6 Å². The minimum atomic E-state index is -3.55. The van der Waals surface area contributed by atoms with Crippen molar-refractivity contribution in [1.29, 1.82) is 0 Å². The summed E-state index contributed by atoms with van der Waals surface area (Å²) in [6, 6.07) is 10.1. The average Bonchev–Trinajstić information content (AvgIpc) is 3.44. The van der Waals surface area contributed by atoms with Gasteiger partial charge in [0, 0.05) is 35.5 Å². The molecule has 37 heavy (non-hydrogen) atoms. The summed E-state index contributed by atoms with van der Waals surface area (Å²) >= 11 is 0. The molecule has 0 unspecified atom stereocenters. The molecular formula is C25H29FN4O5S2. The van der Waals surface area contributed by atoms with Gasteiger partial charge < -0.3 is 14.3 Å². The van der Waals surface area contributed by atoms with Gasteiger partial charge in [0.05, 0.1) is 18.1 Å². The van der Waals surface area contributed by atoms with E-state index in [1.165, 1.54) is 18.4 Å². The number of hydrogen-bond donors (Lipinski definition) is 2. The van der Waals surface area contributed by atoms with Crippen LogP contribution in [0.25, 0.3) is 33.1 Å². The Bertz CT molecular complexity index is 1640. The number of aromatic amines is 1. The van der Waals surface area contributed by atoms with Crippen LogP contribution in [0.1, 0.15) is 18.7 Å². The minimum absolute atomic E-state index is 0.0602. The van der Waals surface area contributed by atoms with Crippen LogP contribution in [0.15, 0.2) is 47.0 Å². The molecule has 2 aromatic heterocycles. The summed E-state index contributed by atoms with van der Waals surface area (Å²) in [6.07, 6.45) is 4.56. The Hall–Kier alpha value is -2.80. The first kappa shape index (κ1) is 25.8. The van der Waals surface area contributed by atoms with Crippen LogP contribution in [-0.4, -0.2) is 69.1 Å². The molecule has 5 rings (SSSR count). The van der Waals surface area contributed by atoms with Crippen LogP contribution in [0, 0.1) is 11.7 Å². The number of aromatic nitrogens is 2. The molecule has 1 aliphatic rings. The molecule has 1 fully saturated rings. The van der Waals surface area contributed by atoms with Crippen molar-refractivity contribution in [2.75, 3.05) is 37.4 Å². The number of sulfonamides is 1. The molecule has 0 amide bonds. The molecule has 9 nitrogen and oxygen atoms in total. The van der Waals surface area contributed by atoms with Crippen molar-refractivity contribution in [3.05, 3.63) is 54.3 Å². The lowest BCUT2D eigenvalue weighted by atomic mass is 9.99. The molecule has 0 aliphatic carbocycles. The number of fused-ring (bicyclic) bond motifs is 2. The Balaban J connectivity index is 1.18. The van der Waals surface area contributed by atoms with Crippen molar-refractivity contribution < 1.29 is 25.6 Å². The van der Waals surface area contributed by atoms with Gasteiger partial charge >= 0.3 is 0 Å². The summed E-state index contributed by atoms with van der Waals surface area (Å²) < 4.78 is 70.0. The van der Waals surface area contributed by atoms with E-state index >= 15 is 0 Å². The quantitative estimate of drug-likeness (QED) is 0.329. The summed E-state index contributed by atoms with van der Waals surface area (Å²) in [5, 5.41) is 0.882. The molecule has 2 N–H and O–H groups in total. The second kappa shape index (κ2) is 10.2. The second-order valence-electron chi connectivity index (χ2n) is 9.70. The molecule has 3 heterocycles. The average molecular weight is 549 g/mol. The molecule has 1 saturated heterocycles. The zero-order valence-corrected chi connectivity index (χ0v) is 22.0. The van der Waals surface area contributed by atoms with Crippen molar-refractivity contribution in [3.8, 4) is 11.1 Å². The molecule has 0 spiro atoms. The molecule has 1 aliphatic heterocycles. The number of benzene rings is 2. The van der Waals surface area contributed by atoms with Crippen LogP contribution in [0.3, 0.4) is 0 Å². The van der Waals surface area contributed by atoms with Crippen LogP contribution in [-0.2, 0) is 26.4 Å². The predicted octanol–water partition coefficient (Wildman–Crippen LogP) is 3.29. The number of hydrogen-bond acceptors (Lipinski definition) is 7. The maximum Gasteiger partial charge on any atom is 0.213 e.